The van der Waals surface area contributed by atoms with Gasteiger partial charge in [0.05, 0.1) is 17.4 Å². The molecule has 0 radical (unpaired) electrons. The Morgan fingerprint density at radius 3 is 2.62 bits per heavy atom. The van der Waals surface area contributed by atoms with Gasteiger partial charge in [-0.2, -0.15) is 0 Å². The molecule has 0 N–H and O–H groups in total. The Morgan fingerprint density at radius 1 is 1.33 bits per heavy atom. The van der Waals surface area contributed by atoms with Gasteiger partial charge in [-0.3, -0.25) is 14.5 Å². The van der Waals surface area contributed by atoms with Gasteiger partial charge in [0.2, 0.25) is 0 Å². The second-order valence-corrected chi connectivity index (χ2v) is 6.51. The molecule has 0 fully saturated rings. The molecule has 1 unspecified atom stereocenters. The zero-order valence-electron chi connectivity index (χ0n) is 14.6. The molecule has 0 bridgehead atoms. The summed E-state index contributed by atoms with van der Waals surface area (Å²) in [4.78, 5) is 27.0. The summed E-state index contributed by atoms with van der Waals surface area (Å²) in [7, 11) is 0. The highest BCUT2D eigenvalue weighted by atomic mass is 19.1. The standard InChI is InChI=1S/C19H24FNO3/c1-5-6-11-17(22)19(3,4)21-13(2)24-12-15(18(21)23)14-9-7-8-10-16(14)20/h7-10,12-13H,5-6,11H2,1-4H3. The van der Waals surface area contributed by atoms with Gasteiger partial charge < -0.3 is 4.74 Å². The summed E-state index contributed by atoms with van der Waals surface area (Å²) >= 11 is 0. The lowest BCUT2D eigenvalue weighted by Crippen LogP contribution is -2.58. The van der Waals surface area contributed by atoms with E-state index in [9.17, 15) is 14.0 Å². The number of benzene rings is 1. The fourth-order valence-corrected chi connectivity index (χ4v) is 2.92. The third kappa shape index (κ3) is 3.35. The Hall–Kier alpha value is -2.17. The second-order valence-electron chi connectivity index (χ2n) is 6.51. The van der Waals surface area contributed by atoms with E-state index in [1.54, 1.807) is 32.9 Å². The van der Waals surface area contributed by atoms with Crippen molar-refractivity contribution in [2.45, 2.75) is 58.7 Å². The number of amides is 1. The lowest BCUT2D eigenvalue weighted by Gasteiger charge is -2.43. The van der Waals surface area contributed by atoms with Crippen LogP contribution >= 0.6 is 0 Å². The molecule has 5 heteroatoms. The van der Waals surface area contributed by atoms with Crippen LogP contribution in [-0.4, -0.2) is 28.4 Å². The summed E-state index contributed by atoms with van der Waals surface area (Å²) in [6, 6.07) is 6.05. The summed E-state index contributed by atoms with van der Waals surface area (Å²) in [6.45, 7) is 7.15. The topological polar surface area (TPSA) is 46.6 Å². The SMILES string of the molecule is CCCCC(=O)C(C)(C)N1C(=O)C(c2ccccc2F)=COC1C. The molecular formula is C19H24FNO3. The fourth-order valence-electron chi connectivity index (χ4n) is 2.92. The zero-order chi connectivity index (χ0) is 17.9. The predicted molar refractivity (Wildman–Crippen MR) is 90.4 cm³/mol. The summed E-state index contributed by atoms with van der Waals surface area (Å²) in [5.41, 5.74) is -0.713. The molecular weight excluding hydrogens is 309 g/mol. The molecule has 4 nitrogen and oxygen atoms in total. The molecule has 0 saturated carbocycles. The first-order valence-electron chi connectivity index (χ1n) is 8.28. The molecule has 1 aliphatic heterocycles. The van der Waals surface area contributed by atoms with Gasteiger partial charge in [-0.15, -0.1) is 0 Å². The number of hydrogen-bond acceptors (Lipinski definition) is 3. The number of ether oxygens (including phenoxy) is 1. The molecule has 0 spiro atoms. The van der Waals surface area contributed by atoms with Crippen LogP contribution in [0, 0.1) is 5.82 Å². The number of carbonyl (C=O) groups is 2. The monoisotopic (exact) mass is 333 g/mol. The van der Waals surface area contributed by atoms with E-state index >= 15 is 0 Å². The first kappa shape index (κ1) is 18.2. The van der Waals surface area contributed by atoms with Crippen molar-refractivity contribution in [3.63, 3.8) is 0 Å². The molecule has 0 saturated heterocycles. The number of Topliss-reactive ketones (excluding diaryl/α,β-unsaturated/α-hetero) is 1. The Labute approximate surface area is 142 Å². The molecule has 1 heterocycles. The van der Waals surface area contributed by atoms with Gasteiger partial charge in [0.25, 0.3) is 5.91 Å². The third-order valence-corrected chi connectivity index (χ3v) is 4.40. The van der Waals surface area contributed by atoms with E-state index in [-0.39, 0.29) is 16.9 Å². The predicted octanol–water partition coefficient (Wildman–Crippen LogP) is 3.91. The van der Waals surface area contributed by atoms with Gasteiger partial charge in [0.1, 0.15) is 5.82 Å². The molecule has 2 rings (SSSR count). The van der Waals surface area contributed by atoms with Gasteiger partial charge >= 0.3 is 0 Å². The van der Waals surface area contributed by atoms with Crippen LogP contribution in [0.3, 0.4) is 0 Å². The Bertz CT molecular complexity index is 666. The highest BCUT2D eigenvalue weighted by Gasteiger charge is 2.43. The number of halogens is 1. The number of rotatable bonds is 6. The summed E-state index contributed by atoms with van der Waals surface area (Å²) in [6.07, 6.45) is 2.78. The first-order valence-corrected chi connectivity index (χ1v) is 8.28. The maximum absolute atomic E-state index is 14.1. The number of unbranched alkanes of at least 4 members (excludes halogenated alkanes) is 1. The maximum Gasteiger partial charge on any atom is 0.261 e. The minimum absolute atomic E-state index is 0.0251. The Kier molecular flexibility index (Phi) is 5.42. The minimum atomic E-state index is -1.02. The van der Waals surface area contributed by atoms with Gasteiger partial charge in [-0.05, 0) is 33.3 Å². The average molecular weight is 333 g/mol. The van der Waals surface area contributed by atoms with Crippen molar-refractivity contribution in [3.05, 3.63) is 41.9 Å². The molecule has 1 amide bonds. The van der Waals surface area contributed by atoms with Crippen molar-refractivity contribution in [2.24, 2.45) is 0 Å². The van der Waals surface area contributed by atoms with Gasteiger partial charge in [-0.1, -0.05) is 31.5 Å². The molecule has 1 aliphatic rings. The number of hydrogen-bond donors (Lipinski definition) is 0. The van der Waals surface area contributed by atoms with E-state index in [0.717, 1.165) is 12.8 Å². The van der Waals surface area contributed by atoms with Crippen LogP contribution < -0.4 is 0 Å². The van der Waals surface area contributed by atoms with Crippen molar-refractivity contribution in [3.8, 4) is 0 Å². The van der Waals surface area contributed by atoms with E-state index in [1.165, 1.54) is 23.3 Å². The van der Waals surface area contributed by atoms with Gasteiger partial charge in [0, 0.05) is 12.0 Å². The lowest BCUT2D eigenvalue weighted by atomic mass is 9.90. The normalized spacial score (nSPS) is 18.2. The molecule has 1 aromatic carbocycles. The average Bonchev–Trinajstić information content (AvgIpc) is 2.53. The van der Waals surface area contributed by atoms with E-state index in [0.29, 0.717) is 6.42 Å². The summed E-state index contributed by atoms with van der Waals surface area (Å²) < 4.78 is 19.6. The Morgan fingerprint density at radius 2 is 2.00 bits per heavy atom. The highest BCUT2D eigenvalue weighted by Crippen LogP contribution is 2.32. The number of ketones is 1. The van der Waals surface area contributed by atoms with Crippen molar-refractivity contribution >= 4 is 17.3 Å². The van der Waals surface area contributed by atoms with Crippen LogP contribution in [0.15, 0.2) is 30.5 Å². The summed E-state index contributed by atoms with van der Waals surface area (Å²) in [5, 5.41) is 0. The second kappa shape index (κ2) is 7.16. The fraction of sp³-hybridized carbons (Fsp3) is 0.474. The Balaban J connectivity index is 2.35. The van der Waals surface area contributed by atoms with Gasteiger partial charge in [-0.25, -0.2) is 4.39 Å². The van der Waals surface area contributed by atoms with E-state index in [1.807, 2.05) is 6.92 Å². The van der Waals surface area contributed by atoms with Crippen LogP contribution in [0.2, 0.25) is 0 Å². The van der Waals surface area contributed by atoms with E-state index in [4.69, 9.17) is 4.74 Å². The highest BCUT2D eigenvalue weighted by molar-refractivity contribution is 6.20. The number of nitrogens with zero attached hydrogens (tertiary/aromatic N) is 1. The van der Waals surface area contributed by atoms with Crippen molar-refractivity contribution in [1.82, 2.24) is 4.90 Å². The molecule has 130 valence electrons. The molecule has 0 aliphatic carbocycles. The summed E-state index contributed by atoms with van der Waals surface area (Å²) in [5.74, 6) is -0.915. The quantitative estimate of drug-likeness (QED) is 0.793. The number of carbonyl (C=O) groups excluding carboxylic acids is 2. The molecule has 0 aromatic heterocycles. The lowest BCUT2D eigenvalue weighted by molar-refractivity contribution is -0.156. The van der Waals surface area contributed by atoms with Gasteiger partial charge in [0.15, 0.2) is 12.0 Å². The van der Waals surface area contributed by atoms with Crippen LogP contribution in [0.25, 0.3) is 5.57 Å². The zero-order valence-corrected chi connectivity index (χ0v) is 14.6. The third-order valence-electron chi connectivity index (χ3n) is 4.40. The van der Waals surface area contributed by atoms with Crippen molar-refractivity contribution < 1.29 is 18.7 Å². The van der Waals surface area contributed by atoms with Crippen molar-refractivity contribution in [1.29, 1.82) is 0 Å². The molecule has 24 heavy (non-hydrogen) atoms. The van der Waals surface area contributed by atoms with Crippen LogP contribution in [0.4, 0.5) is 4.39 Å². The molecule has 1 atom stereocenters. The minimum Gasteiger partial charge on any atom is -0.477 e. The largest absolute Gasteiger partial charge is 0.477 e. The maximum atomic E-state index is 14.1. The van der Waals surface area contributed by atoms with Crippen LogP contribution in [0.5, 0.6) is 0 Å². The van der Waals surface area contributed by atoms with Crippen LogP contribution in [0.1, 0.15) is 52.5 Å². The van der Waals surface area contributed by atoms with Crippen LogP contribution in [-0.2, 0) is 14.3 Å². The smallest absolute Gasteiger partial charge is 0.261 e. The first-order chi connectivity index (χ1) is 11.3. The van der Waals surface area contributed by atoms with Crippen molar-refractivity contribution in [2.75, 3.05) is 0 Å². The van der Waals surface area contributed by atoms with E-state index in [2.05, 4.69) is 0 Å². The molecule has 1 aromatic rings. The van der Waals surface area contributed by atoms with E-state index < -0.39 is 23.5 Å².